The molecular formula is C25H22N4O4. The molecule has 0 radical (unpaired) electrons. The molecule has 3 aromatic carbocycles. The van der Waals surface area contributed by atoms with Crippen LogP contribution in [0.1, 0.15) is 25.8 Å². The first-order chi connectivity index (χ1) is 16.0. The fourth-order valence-corrected chi connectivity index (χ4v) is 3.33. The Balaban J connectivity index is 1.90. The van der Waals surface area contributed by atoms with Crippen LogP contribution in [0.4, 0.5) is 5.69 Å². The molecule has 33 heavy (non-hydrogen) atoms. The van der Waals surface area contributed by atoms with E-state index in [1.807, 2.05) is 50.2 Å². The first-order valence-corrected chi connectivity index (χ1v) is 10.5. The van der Waals surface area contributed by atoms with Gasteiger partial charge in [0.2, 0.25) is 5.75 Å². The van der Waals surface area contributed by atoms with Gasteiger partial charge in [-0.05, 0) is 31.5 Å². The van der Waals surface area contributed by atoms with Crippen molar-refractivity contribution in [1.82, 2.24) is 9.66 Å². The van der Waals surface area contributed by atoms with Crippen molar-refractivity contribution in [3.8, 4) is 17.1 Å². The van der Waals surface area contributed by atoms with Gasteiger partial charge < -0.3 is 4.74 Å². The Labute approximate surface area is 189 Å². The van der Waals surface area contributed by atoms with Crippen molar-refractivity contribution in [3.63, 3.8) is 0 Å². The zero-order valence-corrected chi connectivity index (χ0v) is 18.2. The van der Waals surface area contributed by atoms with Gasteiger partial charge in [0.15, 0.2) is 5.82 Å². The highest BCUT2D eigenvalue weighted by Gasteiger charge is 2.20. The van der Waals surface area contributed by atoms with Crippen molar-refractivity contribution in [2.24, 2.45) is 5.10 Å². The SMILES string of the molecule is CC[C@H](C)Oc1c(C=Nn2c(-c3ccccc3)nc3ccccc3c2=O)cccc1[N+](=O)[O-]. The number of benzene rings is 3. The zero-order chi connectivity index (χ0) is 23.4. The van der Waals surface area contributed by atoms with Crippen LogP contribution < -0.4 is 10.3 Å². The number of para-hydroxylation sites is 2. The van der Waals surface area contributed by atoms with E-state index in [-0.39, 0.29) is 23.1 Å². The minimum absolute atomic E-state index is 0.114. The molecule has 0 unspecified atom stereocenters. The second-order valence-corrected chi connectivity index (χ2v) is 7.47. The Hall–Kier alpha value is -4.33. The van der Waals surface area contributed by atoms with Gasteiger partial charge in [0.1, 0.15) is 0 Å². The lowest BCUT2D eigenvalue weighted by molar-refractivity contribution is -0.386. The second kappa shape index (κ2) is 9.44. The number of rotatable bonds is 7. The molecule has 0 aliphatic carbocycles. The van der Waals surface area contributed by atoms with Gasteiger partial charge in [-0.1, -0.05) is 55.5 Å². The van der Waals surface area contributed by atoms with Gasteiger partial charge in [0, 0.05) is 17.2 Å². The molecule has 8 nitrogen and oxygen atoms in total. The van der Waals surface area contributed by atoms with Crippen LogP contribution in [0.3, 0.4) is 0 Å². The van der Waals surface area contributed by atoms with Crippen LogP contribution in [-0.4, -0.2) is 26.9 Å². The molecule has 0 N–H and O–H groups in total. The summed E-state index contributed by atoms with van der Waals surface area (Å²) < 4.78 is 7.07. The van der Waals surface area contributed by atoms with E-state index < -0.39 is 4.92 Å². The maximum Gasteiger partial charge on any atom is 0.311 e. The number of ether oxygens (including phenoxy) is 1. The summed E-state index contributed by atoms with van der Waals surface area (Å²) in [4.78, 5) is 29.0. The van der Waals surface area contributed by atoms with E-state index in [0.29, 0.717) is 34.3 Å². The normalized spacial score (nSPS) is 12.2. The lowest BCUT2D eigenvalue weighted by atomic mass is 10.1. The Morgan fingerprint density at radius 1 is 1.09 bits per heavy atom. The molecule has 8 heteroatoms. The highest BCUT2D eigenvalue weighted by atomic mass is 16.6. The third-order valence-corrected chi connectivity index (χ3v) is 5.21. The lowest BCUT2D eigenvalue weighted by Crippen LogP contribution is -2.20. The first kappa shape index (κ1) is 21.9. The summed E-state index contributed by atoms with van der Waals surface area (Å²) in [7, 11) is 0. The molecule has 0 saturated carbocycles. The van der Waals surface area contributed by atoms with Gasteiger partial charge in [-0.2, -0.15) is 9.78 Å². The summed E-state index contributed by atoms with van der Waals surface area (Å²) in [6.07, 6.45) is 1.84. The predicted octanol–water partition coefficient (Wildman–Crippen LogP) is 5.03. The minimum Gasteiger partial charge on any atom is -0.483 e. The van der Waals surface area contributed by atoms with Crippen LogP contribution in [0.25, 0.3) is 22.3 Å². The molecule has 1 atom stereocenters. The van der Waals surface area contributed by atoms with Crippen molar-refractivity contribution < 1.29 is 9.66 Å². The van der Waals surface area contributed by atoms with Gasteiger partial charge in [-0.15, -0.1) is 0 Å². The van der Waals surface area contributed by atoms with Gasteiger partial charge in [-0.3, -0.25) is 14.9 Å². The maximum absolute atomic E-state index is 13.3. The molecule has 166 valence electrons. The summed E-state index contributed by atoms with van der Waals surface area (Å²) in [5.74, 6) is 0.481. The summed E-state index contributed by atoms with van der Waals surface area (Å²) >= 11 is 0. The Bertz CT molecular complexity index is 1400. The number of fused-ring (bicyclic) bond motifs is 1. The molecule has 4 rings (SSSR count). The number of nitrogens with zero attached hydrogens (tertiary/aromatic N) is 4. The summed E-state index contributed by atoms with van der Waals surface area (Å²) in [5.41, 5.74) is 1.16. The molecule has 1 heterocycles. The number of hydrogen-bond donors (Lipinski definition) is 0. The molecule has 0 amide bonds. The van der Waals surface area contributed by atoms with Gasteiger partial charge in [-0.25, -0.2) is 4.98 Å². The van der Waals surface area contributed by atoms with Crippen molar-refractivity contribution in [3.05, 3.63) is 98.8 Å². The molecule has 0 fully saturated rings. The molecule has 0 aliphatic rings. The third-order valence-electron chi connectivity index (χ3n) is 5.21. The van der Waals surface area contributed by atoms with E-state index in [9.17, 15) is 14.9 Å². The molecule has 4 aromatic rings. The van der Waals surface area contributed by atoms with Gasteiger partial charge in [0.05, 0.1) is 28.1 Å². The average molecular weight is 442 g/mol. The first-order valence-electron chi connectivity index (χ1n) is 10.5. The van der Waals surface area contributed by atoms with Crippen LogP contribution in [0.15, 0.2) is 82.7 Å². The number of nitro groups is 1. The molecule has 0 saturated heterocycles. The average Bonchev–Trinajstić information content (AvgIpc) is 2.84. The highest BCUT2D eigenvalue weighted by molar-refractivity contribution is 5.86. The van der Waals surface area contributed by atoms with Crippen molar-refractivity contribution >= 4 is 22.8 Å². The smallest absolute Gasteiger partial charge is 0.311 e. The quantitative estimate of drug-likeness (QED) is 0.227. The van der Waals surface area contributed by atoms with Gasteiger partial charge >= 0.3 is 5.69 Å². The Kier molecular flexibility index (Phi) is 6.26. The van der Waals surface area contributed by atoms with Crippen molar-refractivity contribution in [2.75, 3.05) is 0 Å². The monoisotopic (exact) mass is 442 g/mol. The van der Waals surface area contributed by atoms with Crippen molar-refractivity contribution in [1.29, 1.82) is 0 Å². The summed E-state index contributed by atoms with van der Waals surface area (Å²) in [6, 6.07) is 20.9. The standard InChI is InChI=1S/C25H22N4O4/c1-3-17(2)33-23-19(12-9-15-22(23)29(31)32)16-26-28-24(18-10-5-4-6-11-18)27-21-14-8-7-13-20(21)25(28)30/h4-17H,3H2,1-2H3/t17-/m0/s1. The van der Waals surface area contributed by atoms with E-state index in [1.54, 1.807) is 30.3 Å². The summed E-state index contributed by atoms with van der Waals surface area (Å²) in [6.45, 7) is 3.77. The molecular weight excluding hydrogens is 420 g/mol. The van der Waals surface area contributed by atoms with E-state index in [0.717, 1.165) is 0 Å². The highest BCUT2D eigenvalue weighted by Crippen LogP contribution is 2.31. The minimum atomic E-state index is -0.492. The predicted molar refractivity (Wildman–Crippen MR) is 128 cm³/mol. The topological polar surface area (TPSA) is 99.6 Å². The van der Waals surface area contributed by atoms with E-state index >= 15 is 0 Å². The zero-order valence-electron chi connectivity index (χ0n) is 18.2. The molecule has 0 spiro atoms. The summed E-state index contributed by atoms with van der Waals surface area (Å²) in [5, 5.41) is 16.4. The fraction of sp³-hybridized carbons (Fsp3) is 0.160. The Morgan fingerprint density at radius 2 is 1.82 bits per heavy atom. The second-order valence-electron chi connectivity index (χ2n) is 7.47. The number of aromatic nitrogens is 2. The van der Waals surface area contributed by atoms with Crippen LogP contribution in [-0.2, 0) is 0 Å². The van der Waals surface area contributed by atoms with E-state index in [4.69, 9.17) is 4.74 Å². The molecule has 0 bridgehead atoms. The van der Waals surface area contributed by atoms with Crippen LogP contribution >= 0.6 is 0 Å². The van der Waals surface area contributed by atoms with Crippen molar-refractivity contribution in [2.45, 2.75) is 26.4 Å². The van der Waals surface area contributed by atoms with Crippen LogP contribution in [0, 0.1) is 10.1 Å². The molecule has 0 aliphatic heterocycles. The lowest BCUT2D eigenvalue weighted by Gasteiger charge is -2.14. The van der Waals surface area contributed by atoms with E-state index in [2.05, 4.69) is 10.1 Å². The largest absolute Gasteiger partial charge is 0.483 e. The van der Waals surface area contributed by atoms with Gasteiger partial charge in [0.25, 0.3) is 5.56 Å². The maximum atomic E-state index is 13.3. The van der Waals surface area contributed by atoms with E-state index in [1.165, 1.54) is 17.0 Å². The number of nitro benzene ring substituents is 1. The fourth-order valence-electron chi connectivity index (χ4n) is 3.33. The number of hydrogen-bond acceptors (Lipinski definition) is 6. The third kappa shape index (κ3) is 4.50. The van der Waals surface area contributed by atoms with Crippen LogP contribution in [0.5, 0.6) is 5.75 Å². The molecule has 1 aromatic heterocycles. The Morgan fingerprint density at radius 3 is 2.55 bits per heavy atom. The van der Waals surface area contributed by atoms with Crippen LogP contribution in [0.2, 0.25) is 0 Å².